The fourth-order valence-electron chi connectivity index (χ4n) is 1.04. The molecule has 3 N–H and O–H groups in total. The molecule has 94 valence electrons. The number of anilines is 1. The monoisotopic (exact) mass is 269 g/mol. The van der Waals surface area contributed by atoms with Gasteiger partial charge in [-0.15, -0.1) is 0 Å². The number of hydrogen-bond donors (Lipinski definition) is 2. The summed E-state index contributed by atoms with van der Waals surface area (Å²) in [4.78, 5) is 9.44. The highest BCUT2D eigenvalue weighted by atomic mass is 32.2. The average molecular weight is 269 g/mol. The number of aromatic carboxylic acids is 1. The Morgan fingerprint density at radius 3 is 2.18 bits per heavy atom. The summed E-state index contributed by atoms with van der Waals surface area (Å²) in [7, 11) is -5.51. The van der Waals surface area contributed by atoms with Gasteiger partial charge in [0.05, 0.1) is 10.5 Å². The lowest BCUT2D eigenvalue weighted by Gasteiger charge is -2.09. The maximum Gasteiger partial charge on any atom is 0.501 e. The van der Waals surface area contributed by atoms with Crippen molar-refractivity contribution in [3.63, 3.8) is 0 Å². The maximum absolute atomic E-state index is 12.2. The van der Waals surface area contributed by atoms with Gasteiger partial charge in [-0.25, -0.2) is 13.2 Å². The predicted molar refractivity (Wildman–Crippen MR) is 51.1 cm³/mol. The van der Waals surface area contributed by atoms with Crippen LogP contribution < -0.4 is 5.73 Å². The van der Waals surface area contributed by atoms with Crippen molar-refractivity contribution in [3.05, 3.63) is 23.8 Å². The zero-order valence-electron chi connectivity index (χ0n) is 8.02. The van der Waals surface area contributed by atoms with Crippen LogP contribution in [0.4, 0.5) is 18.9 Å². The van der Waals surface area contributed by atoms with Crippen molar-refractivity contribution in [3.8, 4) is 0 Å². The number of sulfone groups is 1. The first-order valence-electron chi connectivity index (χ1n) is 4.01. The molecule has 1 aromatic rings. The Morgan fingerprint density at radius 2 is 1.82 bits per heavy atom. The van der Waals surface area contributed by atoms with Crippen LogP contribution in [0.2, 0.25) is 0 Å². The highest BCUT2D eigenvalue weighted by Crippen LogP contribution is 2.31. The van der Waals surface area contributed by atoms with Crippen LogP contribution in [0, 0.1) is 0 Å². The molecule has 5 nitrogen and oxygen atoms in total. The number of carbonyl (C=O) groups is 1. The SMILES string of the molecule is Nc1cc(S(=O)(=O)C(F)(F)F)ccc1C(=O)O. The van der Waals surface area contributed by atoms with Gasteiger partial charge in [0.25, 0.3) is 9.84 Å². The molecule has 1 aromatic carbocycles. The second kappa shape index (κ2) is 3.91. The lowest BCUT2D eigenvalue weighted by Crippen LogP contribution is -2.23. The molecule has 0 spiro atoms. The molecule has 0 amide bonds. The van der Waals surface area contributed by atoms with Gasteiger partial charge in [-0.2, -0.15) is 13.2 Å². The molecule has 0 saturated heterocycles. The Hall–Kier alpha value is -1.77. The maximum atomic E-state index is 12.2. The molecular weight excluding hydrogens is 263 g/mol. The van der Waals surface area contributed by atoms with Crippen molar-refractivity contribution >= 4 is 21.5 Å². The average Bonchev–Trinajstić information content (AvgIpc) is 2.14. The van der Waals surface area contributed by atoms with E-state index in [1.54, 1.807) is 0 Å². The van der Waals surface area contributed by atoms with Crippen molar-refractivity contribution < 1.29 is 31.5 Å². The lowest BCUT2D eigenvalue weighted by molar-refractivity contribution is -0.0435. The number of benzene rings is 1. The summed E-state index contributed by atoms with van der Waals surface area (Å²) in [6, 6.07) is 1.71. The van der Waals surface area contributed by atoms with E-state index < -0.39 is 37.5 Å². The quantitative estimate of drug-likeness (QED) is 0.788. The first kappa shape index (κ1) is 13.3. The number of nitrogen functional groups attached to an aromatic ring is 1. The summed E-state index contributed by atoms with van der Waals surface area (Å²) >= 11 is 0. The number of alkyl halides is 3. The van der Waals surface area contributed by atoms with Gasteiger partial charge in [0.2, 0.25) is 0 Å². The summed E-state index contributed by atoms with van der Waals surface area (Å²) in [6.45, 7) is 0. The number of carboxylic acids is 1. The minimum absolute atomic E-state index is 0.465. The number of carboxylic acid groups (broad SMARTS) is 1. The standard InChI is InChI=1S/C8H6F3NO4S/c9-8(10,11)17(15,16)4-1-2-5(7(13)14)6(12)3-4/h1-3H,12H2,(H,13,14). The molecule has 0 radical (unpaired) electrons. The minimum Gasteiger partial charge on any atom is -0.478 e. The van der Waals surface area contributed by atoms with Crippen LogP contribution in [0.5, 0.6) is 0 Å². The highest BCUT2D eigenvalue weighted by molar-refractivity contribution is 7.92. The van der Waals surface area contributed by atoms with Crippen LogP contribution >= 0.6 is 0 Å². The molecule has 1 rings (SSSR count). The zero-order valence-corrected chi connectivity index (χ0v) is 8.84. The number of rotatable bonds is 2. The first-order valence-corrected chi connectivity index (χ1v) is 5.50. The van der Waals surface area contributed by atoms with Crippen molar-refractivity contribution in [2.24, 2.45) is 0 Å². The third-order valence-electron chi connectivity index (χ3n) is 1.87. The lowest BCUT2D eigenvalue weighted by atomic mass is 10.2. The molecule has 17 heavy (non-hydrogen) atoms. The van der Waals surface area contributed by atoms with Gasteiger partial charge in [-0.3, -0.25) is 0 Å². The normalized spacial score (nSPS) is 12.4. The zero-order chi connectivity index (χ0) is 13.4. The Labute approximate surface area is 93.6 Å². The number of halogens is 3. The van der Waals surface area contributed by atoms with Crippen molar-refractivity contribution in [1.29, 1.82) is 0 Å². The van der Waals surface area contributed by atoms with Crippen LogP contribution in [0.15, 0.2) is 23.1 Å². The molecule has 0 atom stereocenters. The molecule has 0 aromatic heterocycles. The minimum atomic E-state index is -5.51. The van der Waals surface area contributed by atoms with E-state index in [2.05, 4.69) is 0 Å². The van der Waals surface area contributed by atoms with Gasteiger partial charge < -0.3 is 10.8 Å². The second-order valence-corrected chi connectivity index (χ2v) is 4.94. The van der Waals surface area contributed by atoms with E-state index in [9.17, 15) is 26.4 Å². The van der Waals surface area contributed by atoms with Gasteiger partial charge in [0.15, 0.2) is 0 Å². The third kappa shape index (κ3) is 2.33. The third-order valence-corrected chi connectivity index (χ3v) is 3.35. The summed E-state index contributed by atoms with van der Waals surface area (Å²) < 4.78 is 58.4. The fraction of sp³-hybridized carbons (Fsp3) is 0.125. The largest absolute Gasteiger partial charge is 0.501 e. The van der Waals surface area contributed by atoms with E-state index in [1.165, 1.54) is 0 Å². The van der Waals surface area contributed by atoms with Crippen LogP contribution in [-0.2, 0) is 9.84 Å². The summed E-state index contributed by atoms with van der Waals surface area (Å²) in [5.74, 6) is -1.46. The van der Waals surface area contributed by atoms with Gasteiger partial charge in [0, 0.05) is 5.69 Å². The van der Waals surface area contributed by atoms with Crippen LogP contribution in [0.1, 0.15) is 10.4 Å². The molecular formula is C8H6F3NO4S. The Kier molecular flexibility index (Phi) is 3.06. The molecule has 0 bridgehead atoms. The topological polar surface area (TPSA) is 97.5 Å². The Bertz CT molecular complexity index is 565. The molecule has 0 saturated carbocycles. The van der Waals surface area contributed by atoms with Crippen molar-refractivity contribution in [2.45, 2.75) is 10.4 Å². The van der Waals surface area contributed by atoms with Gasteiger partial charge in [-0.05, 0) is 18.2 Å². The van der Waals surface area contributed by atoms with E-state index in [0.717, 1.165) is 0 Å². The molecule has 9 heteroatoms. The second-order valence-electron chi connectivity index (χ2n) is 3.00. The Balaban J connectivity index is 3.39. The van der Waals surface area contributed by atoms with Gasteiger partial charge >= 0.3 is 11.5 Å². The summed E-state index contributed by atoms with van der Waals surface area (Å²) in [5, 5.41) is 8.57. The molecule has 0 unspecified atom stereocenters. The van der Waals surface area contributed by atoms with Gasteiger partial charge in [-0.1, -0.05) is 0 Å². The fourth-order valence-corrected chi connectivity index (χ4v) is 1.83. The number of hydrogen-bond acceptors (Lipinski definition) is 4. The molecule has 0 heterocycles. The predicted octanol–water partition coefficient (Wildman–Crippen LogP) is 1.26. The van der Waals surface area contributed by atoms with Crippen LogP contribution in [0.25, 0.3) is 0 Å². The van der Waals surface area contributed by atoms with Crippen molar-refractivity contribution in [2.75, 3.05) is 5.73 Å². The molecule has 0 aliphatic carbocycles. The Morgan fingerprint density at radius 1 is 1.29 bits per heavy atom. The number of nitrogens with two attached hydrogens (primary N) is 1. The van der Waals surface area contributed by atoms with Crippen LogP contribution in [0.3, 0.4) is 0 Å². The van der Waals surface area contributed by atoms with E-state index in [0.29, 0.717) is 18.2 Å². The van der Waals surface area contributed by atoms with E-state index >= 15 is 0 Å². The highest BCUT2D eigenvalue weighted by Gasteiger charge is 2.47. The molecule has 0 aliphatic rings. The first-order chi connectivity index (χ1) is 7.57. The van der Waals surface area contributed by atoms with Crippen molar-refractivity contribution in [1.82, 2.24) is 0 Å². The summed E-state index contributed by atoms with van der Waals surface area (Å²) in [5.41, 5.74) is -1.32. The molecule has 0 aliphatic heterocycles. The van der Waals surface area contributed by atoms with Gasteiger partial charge in [0.1, 0.15) is 0 Å². The van der Waals surface area contributed by atoms with E-state index in [-0.39, 0.29) is 0 Å². The van der Waals surface area contributed by atoms with E-state index in [1.807, 2.05) is 0 Å². The van der Waals surface area contributed by atoms with Crippen LogP contribution in [-0.4, -0.2) is 25.0 Å². The smallest absolute Gasteiger partial charge is 0.478 e. The summed E-state index contributed by atoms with van der Waals surface area (Å²) in [6.07, 6.45) is 0. The molecule has 0 fully saturated rings. The van der Waals surface area contributed by atoms with E-state index in [4.69, 9.17) is 10.8 Å².